The molecule has 1 aliphatic heterocycles. The molecule has 0 atom stereocenters. The Morgan fingerprint density at radius 2 is 1.74 bits per heavy atom. The maximum absolute atomic E-state index is 12.3. The summed E-state index contributed by atoms with van der Waals surface area (Å²) in [6.45, 7) is 3.36. The van der Waals surface area contributed by atoms with Crippen LogP contribution in [0.15, 0.2) is 79.5 Å². The average Bonchev–Trinajstić information content (AvgIpc) is 3.39. The molecule has 0 spiro atoms. The highest BCUT2D eigenvalue weighted by Gasteiger charge is 2.16. The molecule has 2 N–H and O–H groups in total. The molecule has 3 heterocycles. The molecular weight excluding hydrogens is 426 g/mol. The lowest BCUT2D eigenvalue weighted by atomic mass is 10.00. The van der Waals surface area contributed by atoms with E-state index in [1.165, 1.54) is 17.5 Å². The Bertz CT molecular complexity index is 1240. The van der Waals surface area contributed by atoms with Crippen LogP contribution in [0.4, 0.5) is 10.6 Å². The van der Waals surface area contributed by atoms with E-state index in [0.717, 1.165) is 42.0 Å². The standard InChI is InChI=1S/C26H27N7O/c34-26(29-13-20-4-3-5-21(12-20)16-33-19-27-18-31-33)30-15-22-8-9-25(28-14-22)32-11-10-23-6-1-2-7-24(23)17-32/h1-9,12,14,18-19H,10-11,13,15-17H2,(H2,29,30,34). The van der Waals surface area contributed by atoms with E-state index in [1.54, 1.807) is 11.0 Å². The molecule has 4 aromatic rings. The van der Waals surface area contributed by atoms with Gasteiger partial charge in [-0.25, -0.2) is 19.4 Å². The van der Waals surface area contributed by atoms with Gasteiger partial charge in [0.2, 0.25) is 0 Å². The number of rotatable bonds is 7. The third-order valence-electron chi connectivity index (χ3n) is 5.97. The Morgan fingerprint density at radius 1 is 0.912 bits per heavy atom. The summed E-state index contributed by atoms with van der Waals surface area (Å²) in [6.07, 6.45) is 6.07. The molecule has 5 rings (SSSR count). The van der Waals surface area contributed by atoms with E-state index in [0.29, 0.717) is 19.6 Å². The fraction of sp³-hybridized carbons (Fsp3) is 0.231. The summed E-state index contributed by atoms with van der Waals surface area (Å²) >= 11 is 0. The van der Waals surface area contributed by atoms with E-state index >= 15 is 0 Å². The van der Waals surface area contributed by atoms with E-state index in [-0.39, 0.29) is 6.03 Å². The second kappa shape index (κ2) is 10.2. The Kier molecular flexibility index (Phi) is 6.47. The lowest BCUT2D eigenvalue weighted by Crippen LogP contribution is -2.34. The van der Waals surface area contributed by atoms with E-state index in [2.05, 4.69) is 60.9 Å². The monoisotopic (exact) mass is 453 g/mol. The van der Waals surface area contributed by atoms with Gasteiger partial charge in [-0.3, -0.25) is 0 Å². The molecular formula is C26H27N7O. The van der Waals surface area contributed by atoms with Crippen LogP contribution >= 0.6 is 0 Å². The molecule has 8 heteroatoms. The van der Waals surface area contributed by atoms with Crippen molar-refractivity contribution in [1.82, 2.24) is 30.4 Å². The number of pyridine rings is 1. The highest BCUT2D eigenvalue weighted by atomic mass is 16.2. The lowest BCUT2D eigenvalue weighted by molar-refractivity contribution is 0.240. The zero-order valence-corrected chi connectivity index (χ0v) is 18.9. The topological polar surface area (TPSA) is 88.0 Å². The number of aromatic nitrogens is 4. The van der Waals surface area contributed by atoms with E-state index < -0.39 is 0 Å². The summed E-state index contributed by atoms with van der Waals surface area (Å²) in [5, 5.41) is 9.95. The van der Waals surface area contributed by atoms with Crippen LogP contribution in [0.1, 0.15) is 27.8 Å². The number of benzene rings is 2. The van der Waals surface area contributed by atoms with E-state index in [1.807, 2.05) is 36.5 Å². The van der Waals surface area contributed by atoms with Crippen LogP contribution in [0.5, 0.6) is 0 Å². The SMILES string of the molecule is O=C(NCc1ccc(N2CCc3ccccc3C2)nc1)NCc1cccc(Cn2cncn2)c1. The number of anilines is 1. The van der Waals surface area contributed by atoms with Crippen molar-refractivity contribution in [2.24, 2.45) is 0 Å². The number of hydrogen-bond acceptors (Lipinski definition) is 5. The number of carbonyl (C=O) groups excluding carboxylic acids is 1. The Balaban J connectivity index is 1.09. The number of nitrogens with one attached hydrogen (secondary N) is 2. The van der Waals surface area contributed by atoms with E-state index in [9.17, 15) is 4.79 Å². The number of hydrogen-bond donors (Lipinski definition) is 2. The van der Waals surface area contributed by atoms with Crippen molar-refractivity contribution in [3.8, 4) is 0 Å². The number of carbonyl (C=O) groups is 1. The van der Waals surface area contributed by atoms with Crippen LogP contribution in [0.25, 0.3) is 0 Å². The third kappa shape index (κ3) is 5.40. The van der Waals surface area contributed by atoms with Crippen molar-refractivity contribution in [2.75, 3.05) is 11.4 Å². The van der Waals surface area contributed by atoms with Crippen molar-refractivity contribution in [3.63, 3.8) is 0 Å². The predicted octanol–water partition coefficient (Wildman–Crippen LogP) is 3.28. The van der Waals surface area contributed by atoms with Gasteiger partial charge in [0, 0.05) is 32.4 Å². The van der Waals surface area contributed by atoms with Crippen molar-refractivity contribution >= 4 is 11.8 Å². The molecule has 0 unspecified atom stereocenters. The maximum atomic E-state index is 12.3. The minimum atomic E-state index is -0.210. The van der Waals surface area contributed by atoms with Gasteiger partial charge in [-0.05, 0) is 40.3 Å². The van der Waals surface area contributed by atoms with Crippen molar-refractivity contribution < 1.29 is 4.79 Å². The first-order valence-electron chi connectivity index (χ1n) is 11.4. The highest BCUT2D eigenvalue weighted by Crippen LogP contribution is 2.23. The second-order valence-electron chi connectivity index (χ2n) is 8.41. The van der Waals surface area contributed by atoms with Gasteiger partial charge >= 0.3 is 6.03 Å². The third-order valence-corrected chi connectivity index (χ3v) is 5.97. The van der Waals surface area contributed by atoms with Crippen molar-refractivity contribution in [3.05, 3.63) is 107 Å². The number of amides is 2. The normalized spacial score (nSPS) is 12.8. The molecule has 172 valence electrons. The van der Waals surface area contributed by atoms with E-state index in [4.69, 9.17) is 0 Å². The summed E-state index contributed by atoms with van der Waals surface area (Å²) < 4.78 is 1.77. The quantitative estimate of drug-likeness (QED) is 0.448. The molecule has 0 saturated carbocycles. The summed E-state index contributed by atoms with van der Waals surface area (Å²) in [4.78, 5) is 23.2. The van der Waals surface area contributed by atoms with Gasteiger partial charge in [0.05, 0.1) is 6.54 Å². The largest absolute Gasteiger partial charge is 0.352 e. The molecule has 8 nitrogen and oxygen atoms in total. The van der Waals surface area contributed by atoms with Crippen LogP contribution in [0.3, 0.4) is 0 Å². The molecule has 1 aliphatic rings. The fourth-order valence-electron chi connectivity index (χ4n) is 4.17. The van der Waals surface area contributed by atoms with Gasteiger partial charge in [-0.15, -0.1) is 0 Å². The van der Waals surface area contributed by atoms with Gasteiger partial charge in [0.25, 0.3) is 0 Å². The first-order valence-corrected chi connectivity index (χ1v) is 11.4. The zero-order chi connectivity index (χ0) is 23.2. The van der Waals surface area contributed by atoms with Crippen LogP contribution in [-0.2, 0) is 32.6 Å². The van der Waals surface area contributed by atoms with Crippen LogP contribution in [0, 0.1) is 0 Å². The molecule has 2 aromatic carbocycles. The Hall–Kier alpha value is -4.20. The van der Waals surface area contributed by atoms with Crippen molar-refractivity contribution in [2.45, 2.75) is 32.6 Å². The molecule has 0 radical (unpaired) electrons. The number of urea groups is 1. The predicted molar refractivity (Wildman–Crippen MR) is 130 cm³/mol. The van der Waals surface area contributed by atoms with Crippen molar-refractivity contribution in [1.29, 1.82) is 0 Å². The maximum Gasteiger partial charge on any atom is 0.315 e. The van der Waals surface area contributed by atoms with Crippen LogP contribution in [-0.4, -0.2) is 32.3 Å². The average molecular weight is 454 g/mol. The van der Waals surface area contributed by atoms with Gasteiger partial charge in [-0.1, -0.05) is 54.6 Å². The molecule has 0 fully saturated rings. The van der Waals surface area contributed by atoms with Gasteiger partial charge < -0.3 is 15.5 Å². The summed E-state index contributed by atoms with van der Waals surface area (Å²) in [6, 6.07) is 20.5. The molecule has 0 saturated heterocycles. The minimum Gasteiger partial charge on any atom is -0.352 e. The summed E-state index contributed by atoms with van der Waals surface area (Å²) in [5.74, 6) is 0.966. The first-order chi connectivity index (χ1) is 16.7. The van der Waals surface area contributed by atoms with Gasteiger partial charge in [-0.2, -0.15) is 5.10 Å². The van der Waals surface area contributed by atoms with Gasteiger partial charge in [0.1, 0.15) is 18.5 Å². The fourth-order valence-corrected chi connectivity index (χ4v) is 4.17. The number of fused-ring (bicyclic) bond motifs is 1. The molecule has 2 amide bonds. The molecule has 2 aromatic heterocycles. The smallest absolute Gasteiger partial charge is 0.315 e. The number of nitrogens with zero attached hydrogens (tertiary/aromatic N) is 5. The summed E-state index contributed by atoms with van der Waals surface area (Å²) in [5.41, 5.74) is 5.89. The second-order valence-corrected chi connectivity index (χ2v) is 8.41. The Labute approximate surface area is 198 Å². The zero-order valence-electron chi connectivity index (χ0n) is 18.9. The molecule has 34 heavy (non-hydrogen) atoms. The minimum absolute atomic E-state index is 0.210. The van der Waals surface area contributed by atoms with Crippen LogP contribution < -0.4 is 15.5 Å². The Morgan fingerprint density at radius 3 is 2.53 bits per heavy atom. The lowest BCUT2D eigenvalue weighted by Gasteiger charge is -2.29. The highest BCUT2D eigenvalue weighted by molar-refractivity contribution is 5.73. The summed E-state index contributed by atoms with van der Waals surface area (Å²) in [7, 11) is 0. The van der Waals surface area contributed by atoms with Crippen LogP contribution in [0.2, 0.25) is 0 Å². The molecule has 0 bridgehead atoms. The van der Waals surface area contributed by atoms with Gasteiger partial charge in [0.15, 0.2) is 0 Å². The first kappa shape index (κ1) is 21.6. The molecule has 0 aliphatic carbocycles.